The summed E-state index contributed by atoms with van der Waals surface area (Å²) in [5, 5.41) is 5.01. The van der Waals surface area contributed by atoms with Gasteiger partial charge < -0.3 is 4.90 Å². The van der Waals surface area contributed by atoms with Crippen molar-refractivity contribution in [1.29, 1.82) is 0 Å². The number of aromatic nitrogens is 2. The number of allylic oxidation sites excluding steroid dienone is 2. The predicted octanol–water partition coefficient (Wildman–Crippen LogP) is 4.66. The molecule has 1 unspecified atom stereocenters. The molecule has 0 radical (unpaired) electrons. The highest BCUT2D eigenvalue weighted by atomic mass is 35.5. The number of fused-ring (bicyclic) bond motifs is 1. The van der Waals surface area contributed by atoms with Crippen LogP contribution in [0.5, 0.6) is 0 Å². The number of amides is 1. The molecular weight excluding hydrogens is 334 g/mol. The van der Waals surface area contributed by atoms with E-state index in [2.05, 4.69) is 11.2 Å². The van der Waals surface area contributed by atoms with Crippen LogP contribution in [0.25, 0.3) is 11.3 Å². The Balaban J connectivity index is 1.73. The van der Waals surface area contributed by atoms with Crippen molar-refractivity contribution in [3.8, 4) is 11.3 Å². The van der Waals surface area contributed by atoms with Gasteiger partial charge in [-0.05, 0) is 50.2 Å². The van der Waals surface area contributed by atoms with Crippen LogP contribution in [0.2, 0.25) is 5.02 Å². The van der Waals surface area contributed by atoms with Gasteiger partial charge in [-0.1, -0.05) is 29.8 Å². The van der Waals surface area contributed by atoms with Crippen molar-refractivity contribution in [2.75, 3.05) is 6.54 Å². The molecule has 1 aliphatic carbocycles. The van der Waals surface area contributed by atoms with Crippen molar-refractivity contribution in [2.24, 2.45) is 13.0 Å². The second-order valence-electron chi connectivity index (χ2n) is 6.90. The number of benzene rings is 1. The first-order valence-corrected chi connectivity index (χ1v) is 9.33. The molecule has 4 rings (SSSR count). The third-order valence-electron chi connectivity index (χ3n) is 5.29. The van der Waals surface area contributed by atoms with Crippen LogP contribution in [0, 0.1) is 5.92 Å². The molecule has 5 heteroatoms. The third-order valence-corrected chi connectivity index (χ3v) is 5.52. The number of carbonyl (C=O) groups excluding carboxylic acids is 1. The average Bonchev–Trinajstić information content (AvgIpc) is 3.02. The normalized spacial score (nSPS) is 20.2. The predicted molar refractivity (Wildman–Crippen MR) is 99.3 cm³/mol. The summed E-state index contributed by atoms with van der Waals surface area (Å²) >= 11 is 6.15. The Kier molecular flexibility index (Phi) is 4.38. The standard InChI is InChI=1S/C20H22ClN3O/c1-23-19(15-7-4-9-16(21)12-15)17(13-22-23)20(25)24-11-5-8-14-6-2-3-10-18(14)24/h4,7,9-10,12-14H,2-3,5-6,8,11H2,1H3. The van der Waals surface area contributed by atoms with Crippen molar-refractivity contribution in [1.82, 2.24) is 14.7 Å². The van der Waals surface area contributed by atoms with Gasteiger partial charge in [-0.3, -0.25) is 9.48 Å². The zero-order valence-electron chi connectivity index (χ0n) is 14.4. The fraction of sp³-hybridized carbons (Fsp3) is 0.400. The van der Waals surface area contributed by atoms with Gasteiger partial charge in [0.05, 0.1) is 17.5 Å². The minimum absolute atomic E-state index is 0.0564. The molecule has 1 aromatic heterocycles. The maximum absolute atomic E-state index is 13.3. The second-order valence-corrected chi connectivity index (χ2v) is 7.33. The first-order valence-electron chi connectivity index (χ1n) is 8.95. The molecule has 130 valence electrons. The summed E-state index contributed by atoms with van der Waals surface area (Å²) in [5.41, 5.74) is 3.62. The summed E-state index contributed by atoms with van der Waals surface area (Å²) in [4.78, 5) is 15.3. The number of nitrogens with zero attached hydrogens (tertiary/aromatic N) is 3. The van der Waals surface area contributed by atoms with Gasteiger partial charge in [0.15, 0.2) is 0 Å². The van der Waals surface area contributed by atoms with E-state index in [0.717, 1.165) is 30.6 Å². The van der Waals surface area contributed by atoms with Crippen LogP contribution in [0.3, 0.4) is 0 Å². The molecule has 1 aliphatic heterocycles. The van der Waals surface area contributed by atoms with Crippen molar-refractivity contribution in [2.45, 2.75) is 32.1 Å². The zero-order chi connectivity index (χ0) is 17.4. The van der Waals surface area contributed by atoms with E-state index in [1.807, 2.05) is 36.2 Å². The summed E-state index contributed by atoms with van der Waals surface area (Å²) in [5.74, 6) is 0.596. The van der Waals surface area contributed by atoms with Crippen LogP contribution in [-0.4, -0.2) is 27.1 Å². The lowest BCUT2D eigenvalue weighted by Gasteiger charge is -2.38. The molecule has 2 heterocycles. The lowest BCUT2D eigenvalue weighted by atomic mass is 9.84. The number of hydrogen-bond donors (Lipinski definition) is 0. The lowest BCUT2D eigenvalue weighted by Crippen LogP contribution is -2.39. The van der Waals surface area contributed by atoms with E-state index in [4.69, 9.17) is 11.6 Å². The number of hydrogen-bond acceptors (Lipinski definition) is 2. The Morgan fingerprint density at radius 1 is 1.28 bits per heavy atom. The lowest BCUT2D eigenvalue weighted by molar-refractivity contribution is 0.0749. The molecule has 1 saturated heterocycles. The molecule has 0 bridgehead atoms. The maximum atomic E-state index is 13.3. The van der Waals surface area contributed by atoms with E-state index in [1.165, 1.54) is 25.0 Å². The molecule has 0 spiro atoms. The highest BCUT2D eigenvalue weighted by Gasteiger charge is 2.32. The minimum Gasteiger partial charge on any atom is -0.312 e. The number of halogens is 1. The Bertz CT molecular complexity index is 839. The summed E-state index contributed by atoms with van der Waals surface area (Å²) in [6, 6.07) is 7.59. The van der Waals surface area contributed by atoms with E-state index >= 15 is 0 Å². The molecule has 1 amide bonds. The first-order chi connectivity index (χ1) is 12.1. The number of aryl methyl sites for hydroxylation is 1. The fourth-order valence-electron chi connectivity index (χ4n) is 4.11. The molecule has 1 atom stereocenters. The van der Waals surface area contributed by atoms with Crippen molar-refractivity contribution in [3.63, 3.8) is 0 Å². The van der Waals surface area contributed by atoms with E-state index in [1.54, 1.807) is 10.9 Å². The Labute approximate surface area is 153 Å². The molecule has 2 aliphatic rings. The van der Waals surface area contributed by atoms with Gasteiger partial charge in [-0.15, -0.1) is 0 Å². The molecule has 25 heavy (non-hydrogen) atoms. The van der Waals surface area contributed by atoms with Crippen LogP contribution in [0.4, 0.5) is 0 Å². The molecule has 4 nitrogen and oxygen atoms in total. The van der Waals surface area contributed by atoms with E-state index in [9.17, 15) is 4.79 Å². The number of likely N-dealkylation sites (tertiary alicyclic amines) is 1. The van der Waals surface area contributed by atoms with Gasteiger partial charge in [-0.25, -0.2) is 0 Å². The summed E-state index contributed by atoms with van der Waals surface area (Å²) in [6.45, 7) is 0.797. The van der Waals surface area contributed by atoms with E-state index < -0.39 is 0 Å². The van der Waals surface area contributed by atoms with Crippen LogP contribution in [0.1, 0.15) is 42.5 Å². The van der Waals surface area contributed by atoms with Crippen molar-refractivity contribution in [3.05, 3.63) is 52.8 Å². The Hall–Kier alpha value is -2.07. The van der Waals surface area contributed by atoms with Crippen LogP contribution in [0.15, 0.2) is 42.2 Å². The van der Waals surface area contributed by atoms with Crippen LogP contribution in [-0.2, 0) is 7.05 Å². The second kappa shape index (κ2) is 6.68. The molecular formula is C20H22ClN3O. The third kappa shape index (κ3) is 2.99. The highest BCUT2D eigenvalue weighted by molar-refractivity contribution is 6.30. The number of rotatable bonds is 2. The molecule has 1 fully saturated rings. The smallest absolute Gasteiger partial charge is 0.261 e. The monoisotopic (exact) mass is 355 g/mol. The van der Waals surface area contributed by atoms with Crippen molar-refractivity contribution < 1.29 is 4.79 Å². The minimum atomic E-state index is 0.0564. The van der Waals surface area contributed by atoms with Gasteiger partial charge in [0.2, 0.25) is 0 Å². The van der Waals surface area contributed by atoms with E-state index in [0.29, 0.717) is 16.5 Å². The van der Waals surface area contributed by atoms with E-state index in [-0.39, 0.29) is 5.91 Å². The van der Waals surface area contributed by atoms with Crippen LogP contribution < -0.4 is 0 Å². The zero-order valence-corrected chi connectivity index (χ0v) is 15.2. The van der Waals surface area contributed by atoms with Gasteiger partial charge >= 0.3 is 0 Å². The molecule has 1 aromatic carbocycles. The quantitative estimate of drug-likeness (QED) is 0.785. The molecule has 0 saturated carbocycles. The van der Waals surface area contributed by atoms with Gasteiger partial charge in [0.25, 0.3) is 5.91 Å². The number of piperidine rings is 1. The fourth-order valence-corrected chi connectivity index (χ4v) is 4.30. The summed E-state index contributed by atoms with van der Waals surface area (Å²) in [6.07, 6.45) is 9.72. The Morgan fingerprint density at radius 3 is 2.96 bits per heavy atom. The largest absolute Gasteiger partial charge is 0.312 e. The van der Waals surface area contributed by atoms with Gasteiger partial charge in [0, 0.05) is 29.9 Å². The SMILES string of the molecule is Cn1ncc(C(=O)N2CCCC3CCCC=C32)c1-c1cccc(Cl)c1. The number of carbonyl (C=O) groups is 1. The summed E-state index contributed by atoms with van der Waals surface area (Å²) < 4.78 is 1.76. The average molecular weight is 356 g/mol. The first kappa shape index (κ1) is 16.4. The van der Waals surface area contributed by atoms with Gasteiger partial charge in [0.1, 0.15) is 0 Å². The molecule has 2 aromatic rings. The Morgan fingerprint density at radius 2 is 2.12 bits per heavy atom. The summed E-state index contributed by atoms with van der Waals surface area (Å²) in [7, 11) is 1.87. The van der Waals surface area contributed by atoms with Crippen molar-refractivity contribution >= 4 is 17.5 Å². The molecule has 0 N–H and O–H groups in total. The van der Waals surface area contributed by atoms with Gasteiger partial charge in [-0.2, -0.15) is 5.10 Å². The topological polar surface area (TPSA) is 38.1 Å². The maximum Gasteiger partial charge on any atom is 0.261 e. The van der Waals surface area contributed by atoms with Crippen LogP contribution >= 0.6 is 11.6 Å². The highest BCUT2D eigenvalue weighted by Crippen LogP contribution is 2.36.